The van der Waals surface area contributed by atoms with Crippen molar-refractivity contribution < 1.29 is 4.79 Å². The molecule has 0 atom stereocenters. The lowest BCUT2D eigenvalue weighted by Crippen LogP contribution is -2.35. The van der Waals surface area contributed by atoms with E-state index in [1.807, 2.05) is 4.68 Å². The molecule has 2 amide bonds. The van der Waals surface area contributed by atoms with Crippen LogP contribution < -0.4 is 10.2 Å². The van der Waals surface area contributed by atoms with Crippen LogP contribution in [0.1, 0.15) is 30.9 Å². The van der Waals surface area contributed by atoms with Gasteiger partial charge in [-0.3, -0.25) is 4.90 Å². The van der Waals surface area contributed by atoms with Crippen LogP contribution in [0.15, 0.2) is 48.5 Å². The molecule has 2 heterocycles. The molecule has 8 heteroatoms. The van der Waals surface area contributed by atoms with Crippen LogP contribution in [-0.2, 0) is 19.5 Å². The number of aromatic nitrogens is 3. The number of urea groups is 1. The van der Waals surface area contributed by atoms with Gasteiger partial charge in [-0.15, -0.1) is 0 Å². The minimum absolute atomic E-state index is 0.258. The lowest BCUT2D eigenvalue weighted by molar-refractivity contribution is 0.256. The molecular weight excluding hydrogens is 409 g/mol. The van der Waals surface area contributed by atoms with Gasteiger partial charge in [0.25, 0.3) is 0 Å². The van der Waals surface area contributed by atoms with Gasteiger partial charge in [-0.05, 0) is 55.3 Å². The zero-order valence-corrected chi connectivity index (χ0v) is 17.3. The van der Waals surface area contributed by atoms with Crippen molar-refractivity contribution in [1.29, 1.82) is 0 Å². The molecule has 1 aromatic heterocycles. The predicted octanol–water partition coefficient (Wildman–Crippen LogP) is 5.55. The quantitative estimate of drug-likeness (QED) is 0.590. The number of nitrogens with zero attached hydrogens (tertiary/aromatic N) is 4. The van der Waals surface area contributed by atoms with Crippen molar-refractivity contribution in [2.45, 2.75) is 38.8 Å². The third kappa shape index (κ3) is 4.89. The Labute approximate surface area is 179 Å². The molecule has 1 aliphatic heterocycles. The maximum atomic E-state index is 13.1. The Morgan fingerprint density at radius 2 is 1.90 bits per heavy atom. The molecule has 2 aromatic carbocycles. The summed E-state index contributed by atoms with van der Waals surface area (Å²) >= 11 is 12.1. The summed E-state index contributed by atoms with van der Waals surface area (Å²) in [5, 5.41) is 8.69. The third-order valence-corrected chi connectivity index (χ3v) is 5.31. The molecule has 0 unspecified atom stereocenters. The van der Waals surface area contributed by atoms with Crippen molar-refractivity contribution >= 4 is 40.6 Å². The molecule has 150 valence electrons. The lowest BCUT2D eigenvalue weighted by atomic mass is 10.2. The molecule has 0 radical (unpaired) electrons. The summed E-state index contributed by atoms with van der Waals surface area (Å²) in [6, 6.07) is 13.9. The molecule has 0 saturated carbocycles. The van der Waals surface area contributed by atoms with E-state index in [9.17, 15) is 4.79 Å². The van der Waals surface area contributed by atoms with E-state index in [0.717, 1.165) is 31.6 Å². The molecule has 3 aromatic rings. The maximum absolute atomic E-state index is 13.1. The number of amides is 2. The van der Waals surface area contributed by atoms with E-state index in [1.165, 1.54) is 6.42 Å². The van der Waals surface area contributed by atoms with Gasteiger partial charge in [0.2, 0.25) is 0 Å². The zero-order chi connectivity index (χ0) is 20.2. The summed E-state index contributed by atoms with van der Waals surface area (Å²) in [5.41, 5.74) is 1.33. The summed E-state index contributed by atoms with van der Waals surface area (Å²) in [7, 11) is 0. The highest BCUT2D eigenvalue weighted by molar-refractivity contribution is 6.31. The van der Waals surface area contributed by atoms with Crippen molar-refractivity contribution in [2.75, 3.05) is 10.2 Å². The average Bonchev–Trinajstić information content (AvgIpc) is 2.95. The second-order valence-corrected chi connectivity index (χ2v) is 7.85. The van der Waals surface area contributed by atoms with E-state index in [2.05, 4.69) is 15.4 Å². The number of anilines is 2. The minimum Gasteiger partial charge on any atom is -0.307 e. The van der Waals surface area contributed by atoms with Crippen LogP contribution in [-0.4, -0.2) is 20.8 Å². The van der Waals surface area contributed by atoms with E-state index in [1.54, 1.807) is 53.4 Å². The predicted molar refractivity (Wildman–Crippen MR) is 116 cm³/mol. The average molecular weight is 430 g/mol. The Hall–Kier alpha value is -2.57. The summed E-state index contributed by atoms with van der Waals surface area (Å²) in [5.74, 6) is 1.61. The standard InChI is InChI=1S/C21H21Cl2N5O/c22-15-8-10-18(11-9-15)27(21(29)24-17-6-4-5-16(23)13-17)14-19-25-20-7-2-1-3-12-28(20)26-19/h4-6,8-11,13H,1-3,7,12,14H2,(H,24,29). The monoisotopic (exact) mass is 429 g/mol. The van der Waals surface area contributed by atoms with Crippen LogP contribution in [0.2, 0.25) is 10.0 Å². The number of carbonyl (C=O) groups is 1. The van der Waals surface area contributed by atoms with E-state index in [0.29, 0.717) is 27.2 Å². The first kappa shape index (κ1) is 19.7. The number of benzene rings is 2. The van der Waals surface area contributed by atoms with Crippen molar-refractivity contribution in [3.8, 4) is 0 Å². The van der Waals surface area contributed by atoms with Crippen LogP contribution in [0.4, 0.5) is 16.2 Å². The molecule has 0 fully saturated rings. The molecule has 6 nitrogen and oxygen atoms in total. The van der Waals surface area contributed by atoms with Crippen LogP contribution in [0, 0.1) is 0 Å². The van der Waals surface area contributed by atoms with Crippen molar-refractivity contribution in [2.24, 2.45) is 0 Å². The first-order chi connectivity index (χ1) is 14.1. The number of aryl methyl sites for hydroxylation is 2. The number of nitrogens with one attached hydrogen (secondary N) is 1. The second-order valence-electron chi connectivity index (χ2n) is 6.98. The van der Waals surface area contributed by atoms with Gasteiger partial charge in [-0.1, -0.05) is 35.7 Å². The lowest BCUT2D eigenvalue weighted by Gasteiger charge is -2.22. The normalized spacial score (nSPS) is 13.4. The molecule has 29 heavy (non-hydrogen) atoms. The molecule has 0 spiro atoms. The fourth-order valence-corrected chi connectivity index (χ4v) is 3.69. The number of hydrogen-bond donors (Lipinski definition) is 1. The Bertz CT molecular complexity index is 979. The fraction of sp³-hybridized carbons (Fsp3) is 0.286. The second kappa shape index (κ2) is 8.84. The van der Waals surface area contributed by atoms with Gasteiger partial charge in [0.05, 0.1) is 6.54 Å². The fourth-order valence-electron chi connectivity index (χ4n) is 3.38. The SMILES string of the molecule is O=C(Nc1cccc(Cl)c1)N(Cc1nc2n(n1)CCCCC2)c1ccc(Cl)cc1. The van der Waals surface area contributed by atoms with Gasteiger partial charge in [0.15, 0.2) is 5.82 Å². The van der Waals surface area contributed by atoms with Crippen LogP contribution in [0.5, 0.6) is 0 Å². The summed E-state index contributed by atoms with van der Waals surface area (Å²) < 4.78 is 1.97. The van der Waals surface area contributed by atoms with Crippen LogP contribution in [0.3, 0.4) is 0 Å². The zero-order valence-electron chi connectivity index (χ0n) is 15.8. The van der Waals surface area contributed by atoms with Crippen molar-refractivity contribution in [3.63, 3.8) is 0 Å². The molecule has 1 N–H and O–H groups in total. The van der Waals surface area contributed by atoms with E-state index < -0.39 is 0 Å². The molecule has 4 rings (SSSR count). The Kier molecular flexibility index (Phi) is 6.02. The Morgan fingerprint density at radius 3 is 2.69 bits per heavy atom. The number of fused-ring (bicyclic) bond motifs is 1. The van der Waals surface area contributed by atoms with E-state index >= 15 is 0 Å². The highest BCUT2D eigenvalue weighted by Gasteiger charge is 2.21. The van der Waals surface area contributed by atoms with Crippen molar-refractivity contribution in [1.82, 2.24) is 14.8 Å². The van der Waals surface area contributed by atoms with Gasteiger partial charge in [0, 0.05) is 34.4 Å². The molecule has 1 aliphatic rings. The first-order valence-corrected chi connectivity index (χ1v) is 10.4. The highest BCUT2D eigenvalue weighted by atomic mass is 35.5. The third-order valence-electron chi connectivity index (χ3n) is 4.82. The smallest absolute Gasteiger partial charge is 0.307 e. The molecular formula is C21H21Cl2N5O. The van der Waals surface area contributed by atoms with Gasteiger partial charge < -0.3 is 5.32 Å². The van der Waals surface area contributed by atoms with E-state index in [4.69, 9.17) is 23.2 Å². The highest BCUT2D eigenvalue weighted by Crippen LogP contribution is 2.23. The van der Waals surface area contributed by atoms with Gasteiger partial charge in [-0.25, -0.2) is 14.5 Å². The summed E-state index contributed by atoms with van der Waals surface area (Å²) in [6.07, 6.45) is 4.34. The Morgan fingerprint density at radius 1 is 1.07 bits per heavy atom. The van der Waals surface area contributed by atoms with Gasteiger partial charge in [0.1, 0.15) is 5.82 Å². The van der Waals surface area contributed by atoms with Crippen LogP contribution >= 0.6 is 23.2 Å². The van der Waals surface area contributed by atoms with E-state index in [-0.39, 0.29) is 12.6 Å². The number of hydrogen-bond acceptors (Lipinski definition) is 3. The molecule has 0 saturated heterocycles. The largest absolute Gasteiger partial charge is 0.326 e. The molecule has 0 bridgehead atoms. The maximum Gasteiger partial charge on any atom is 0.326 e. The minimum atomic E-state index is -0.292. The molecule has 0 aliphatic carbocycles. The number of carbonyl (C=O) groups excluding carboxylic acids is 1. The summed E-state index contributed by atoms with van der Waals surface area (Å²) in [6.45, 7) is 1.13. The van der Waals surface area contributed by atoms with Gasteiger partial charge >= 0.3 is 6.03 Å². The van der Waals surface area contributed by atoms with Crippen LogP contribution in [0.25, 0.3) is 0 Å². The van der Waals surface area contributed by atoms with Crippen molar-refractivity contribution in [3.05, 3.63) is 70.2 Å². The first-order valence-electron chi connectivity index (χ1n) is 9.61. The van der Waals surface area contributed by atoms with Gasteiger partial charge in [-0.2, -0.15) is 5.10 Å². The number of rotatable bonds is 4. The Balaban J connectivity index is 1.60. The number of halogens is 2. The topological polar surface area (TPSA) is 63.1 Å². The summed E-state index contributed by atoms with van der Waals surface area (Å²) in [4.78, 5) is 19.4.